The van der Waals surface area contributed by atoms with Crippen molar-refractivity contribution in [2.24, 2.45) is 0 Å². The fourth-order valence-corrected chi connectivity index (χ4v) is 1.60. The molecule has 4 nitrogen and oxygen atoms in total. The van der Waals surface area contributed by atoms with Gasteiger partial charge in [0.15, 0.2) is 0 Å². The zero-order chi connectivity index (χ0) is 12.3. The monoisotopic (exact) mass is 251 g/mol. The first-order chi connectivity index (χ1) is 8.16. The molecule has 17 heavy (non-hydrogen) atoms. The molecule has 5 heteroatoms. The summed E-state index contributed by atoms with van der Waals surface area (Å²) in [5.74, 6) is -0.270. The summed E-state index contributed by atoms with van der Waals surface area (Å²) in [4.78, 5) is 10.9. The lowest BCUT2D eigenvalue weighted by molar-refractivity contribution is 0.0697. The van der Waals surface area contributed by atoms with E-state index in [2.05, 4.69) is 5.32 Å². The molecule has 0 radical (unpaired) electrons. The fraction of sp³-hybridized carbons (Fsp3) is 0.0833. The second-order valence-corrected chi connectivity index (χ2v) is 3.84. The van der Waals surface area contributed by atoms with Crippen molar-refractivity contribution < 1.29 is 14.3 Å². The molecule has 0 atom stereocenters. The van der Waals surface area contributed by atoms with Crippen LogP contribution >= 0.6 is 11.6 Å². The van der Waals surface area contributed by atoms with E-state index in [9.17, 15) is 4.79 Å². The summed E-state index contributed by atoms with van der Waals surface area (Å²) in [7, 11) is 0. The van der Waals surface area contributed by atoms with Crippen molar-refractivity contribution >= 4 is 23.3 Å². The van der Waals surface area contributed by atoms with Crippen LogP contribution in [-0.2, 0) is 6.54 Å². The van der Waals surface area contributed by atoms with Gasteiger partial charge in [0.25, 0.3) is 0 Å². The molecular formula is C12H10ClNO3. The normalized spacial score (nSPS) is 10.2. The molecule has 1 aromatic heterocycles. The van der Waals surface area contributed by atoms with E-state index in [0.29, 0.717) is 12.2 Å². The van der Waals surface area contributed by atoms with Crippen LogP contribution in [0.2, 0.25) is 5.02 Å². The molecular weight excluding hydrogens is 242 g/mol. The number of halogens is 1. The summed E-state index contributed by atoms with van der Waals surface area (Å²) in [6.45, 7) is 0.494. The molecule has 0 saturated heterocycles. The Morgan fingerprint density at radius 2 is 2.24 bits per heavy atom. The molecule has 0 bridgehead atoms. The summed E-state index contributed by atoms with van der Waals surface area (Å²) in [6.07, 6.45) is 1.58. The number of furan rings is 1. The first-order valence-corrected chi connectivity index (χ1v) is 5.33. The number of benzene rings is 1. The number of aromatic carboxylic acids is 1. The van der Waals surface area contributed by atoms with Gasteiger partial charge in [-0.2, -0.15) is 0 Å². The minimum Gasteiger partial charge on any atom is -0.478 e. The predicted molar refractivity (Wildman–Crippen MR) is 64.4 cm³/mol. The second-order valence-electron chi connectivity index (χ2n) is 3.43. The van der Waals surface area contributed by atoms with E-state index in [1.807, 2.05) is 6.07 Å². The summed E-state index contributed by atoms with van der Waals surface area (Å²) >= 11 is 5.76. The summed E-state index contributed by atoms with van der Waals surface area (Å²) in [5, 5.41) is 12.2. The van der Waals surface area contributed by atoms with Crippen molar-refractivity contribution in [3.05, 3.63) is 52.9 Å². The van der Waals surface area contributed by atoms with Crippen LogP contribution in [0.25, 0.3) is 0 Å². The maximum atomic E-state index is 10.9. The van der Waals surface area contributed by atoms with Crippen LogP contribution in [0.4, 0.5) is 5.69 Å². The third-order valence-corrected chi connectivity index (χ3v) is 2.57. The maximum absolute atomic E-state index is 10.9. The van der Waals surface area contributed by atoms with Crippen molar-refractivity contribution in [3.8, 4) is 0 Å². The lowest BCUT2D eigenvalue weighted by atomic mass is 10.2. The number of rotatable bonds is 4. The van der Waals surface area contributed by atoms with Crippen LogP contribution in [-0.4, -0.2) is 11.1 Å². The van der Waals surface area contributed by atoms with Crippen LogP contribution in [0.3, 0.4) is 0 Å². The molecule has 0 fully saturated rings. The van der Waals surface area contributed by atoms with Crippen molar-refractivity contribution in [1.29, 1.82) is 0 Å². The number of carbonyl (C=O) groups is 1. The Balaban J connectivity index is 2.11. The van der Waals surface area contributed by atoms with Crippen LogP contribution in [0.5, 0.6) is 0 Å². The van der Waals surface area contributed by atoms with Crippen LogP contribution in [0.15, 0.2) is 41.0 Å². The fourth-order valence-electron chi connectivity index (χ4n) is 1.40. The molecule has 2 N–H and O–H groups in total. The first kappa shape index (κ1) is 11.5. The zero-order valence-electron chi connectivity index (χ0n) is 8.81. The van der Waals surface area contributed by atoms with Gasteiger partial charge in [-0.1, -0.05) is 11.6 Å². The molecule has 2 aromatic rings. The second kappa shape index (κ2) is 4.93. The quantitative estimate of drug-likeness (QED) is 0.876. The van der Waals surface area contributed by atoms with Gasteiger partial charge in [-0.15, -0.1) is 0 Å². The largest absolute Gasteiger partial charge is 0.478 e. The lowest BCUT2D eigenvalue weighted by Crippen LogP contribution is -2.02. The molecule has 0 amide bonds. The molecule has 88 valence electrons. The van der Waals surface area contributed by atoms with Gasteiger partial charge in [-0.05, 0) is 30.3 Å². The first-order valence-electron chi connectivity index (χ1n) is 4.96. The van der Waals surface area contributed by atoms with Crippen molar-refractivity contribution in [2.75, 3.05) is 5.32 Å². The Kier molecular flexibility index (Phi) is 3.35. The minimum atomic E-state index is -1.04. The molecule has 1 aromatic carbocycles. The van der Waals surface area contributed by atoms with E-state index in [1.165, 1.54) is 6.07 Å². The highest BCUT2D eigenvalue weighted by atomic mass is 35.5. The Labute approximate surface area is 103 Å². The summed E-state index contributed by atoms with van der Waals surface area (Å²) < 4.78 is 5.15. The van der Waals surface area contributed by atoms with E-state index < -0.39 is 5.97 Å². The average molecular weight is 252 g/mol. The number of carboxylic acids is 1. The van der Waals surface area contributed by atoms with E-state index in [4.69, 9.17) is 21.1 Å². The standard InChI is InChI=1S/C12H10ClNO3/c13-11-4-3-8(6-10(11)12(15)16)14-7-9-2-1-5-17-9/h1-6,14H,7H2,(H,15,16). The Morgan fingerprint density at radius 3 is 2.88 bits per heavy atom. The summed E-state index contributed by atoms with van der Waals surface area (Å²) in [6, 6.07) is 8.39. The number of carboxylic acid groups (broad SMARTS) is 1. The molecule has 0 aliphatic carbocycles. The highest BCUT2D eigenvalue weighted by molar-refractivity contribution is 6.33. The van der Waals surface area contributed by atoms with Gasteiger partial charge < -0.3 is 14.8 Å². The van der Waals surface area contributed by atoms with Gasteiger partial charge in [0.1, 0.15) is 5.76 Å². The Hall–Kier alpha value is -1.94. The van der Waals surface area contributed by atoms with E-state index in [1.54, 1.807) is 24.5 Å². The molecule has 0 aliphatic rings. The van der Waals surface area contributed by atoms with Gasteiger partial charge in [-0.3, -0.25) is 0 Å². The van der Waals surface area contributed by atoms with Gasteiger partial charge in [0.05, 0.1) is 23.4 Å². The van der Waals surface area contributed by atoms with Crippen LogP contribution in [0, 0.1) is 0 Å². The molecule has 0 saturated carbocycles. The smallest absolute Gasteiger partial charge is 0.337 e. The number of hydrogen-bond acceptors (Lipinski definition) is 3. The van der Waals surface area contributed by atoms with Gasteiger partial charge in [-0.25, -0.2) is 4.79 Å². The maximum Gasteiger partial charge on any atom is 0.337 e. The van der Waals surface area contributed by atoms with Gasteiger partial charge in [0.2, 0.25) is 0 Å². The van der Waals surface area contributed by atoms with E-state index >= 15 is 0 Å². The van der Waals surface area contributed by atoms with E-state index in [0.717, 1.165) is 5.76 Å². The molecule has 0 unspecified atom stereocenters. The highest BCUT2D eigenvalue weighted by Crippen LogP contribution is 2.21. The molecule has 0 spiro atoms. The Morgan fingerprint density at radius 1 is 1.41 bits per heavy atom. The Bertz CT molecular complexity index is 523. The summed E-state index contributed by atoms with van der Waals surface area (Å²) in [5.41, 5.74) is 0.763. The molecule has 2 rings (SSSR count). The minimum absolute atomic E-state index is 0.0797. The van der Waals surface area contributed by atoms with Crippen LogP contribution < -0.4 is 5.32 Å². The number of hydrogen-bond donors (Lipinski definition) is 2. The third kappa shape index (κ3) is 2.79. The number of nitrogens with one attached hydrogen (secondary N) is 1. The third-order valence-electron chi connectivity index (χ3n) is 2.24. The van der Waals surface area contributed by atoms with E-state index in [-0.39, 0.29) is 10.6 Å². The molecule has 1 heterocycles. The van der Waals surface area contributed by atoms with Gasteiger partial charge in [0, 0.05) is 5.69 Å². The highest BCUT2D eigenvalue weighted by Gasteiger charge is 2.09. The SMILES string of the molecule is O=C(O)c1cc(NCc2ccco2)ccc1Cl. The average Bonchev–Trinajstić information content (AvgIpc) is 2.80. The molecule has 0 aliphatic heterocycles. The van der Waals surface area contributed by atoms with Crippen molar-refractivity contribution in [2.45, 2.75) is 6.54 Å². The van der Waals surface area contributed by atoms with Crippen LogP contribution in [0.1, 0.15) is 16.1 Å². The van der Waals surface area contributed by atoms with Crippen molar-refractivity contribution in [3.63, 3.8) is 0 Å². The number of anilines is 1. The predicted octanol–water partition coefficient (Wildman–Crippen LogP) is 3.24. The van der Waals surface area contributed by atoms with Crippen molar-refractivity contribution in [1.82, 2.24) is 0 Å². The lowest BCUT2D eigenvalue weighted by Gasteiger charge is -2.06. The topological polar surface area (TPSA) is 62.5 Å². The van der Waals surface area contributed by atoms with Gasteiger partial charge >= 0.3 is 5.97 Å². The zero-order valence-corrected chi connectivity index (χ0v) is 9.57.